The molecule has 7 atom stereocenters. The molecule has 1 aromatic heterocycles. The molecule has 3 aliphatic heterocycles. The van der Waals surface area contributed by atoms with Crippen molar-refractivity contribution < 1.29 is 55.0 Å². The summed E-state index contributed by atoms with van der Waals surface area (Å²) in [4.78, 5) is 65.6. The summed E-state index contributed by atoms with van der Waals surface area (Å²) >= 11 is 0. The standard InChI is InChI=1S/C45H59F3N4O9S/c1-7-28-20-27(2)10-8-9-11-29-23-45(29,41(56)50-62(57,58)44(26-46)15-16-44)24-36(53)35-21-30(25-52(35)40(55)33(28)22-37(54)61-42(3,4)43(5,47)48)60-39-32-12-13-34-38(31(32)14-17-49-39)59-19-18-51(34)6/h9,11-14,17,27-30,33,35H,7-8,10,15-16,18-26H2,1-6H3,(H,50,56)/b11-9-/t27-,28-,29-,30-,33+,35+,45-/m1/s1. The van der Waals surface area contributed by atoms with E-state index < -0.39 is 105 Å². The molecule has 340 valence electrons. The van der Waals surface area contributed by atoms with Gasteiger partial charge in [0, 0.05) is 43.8 Å². The van der Waals surface area contributed by atoms with Crippen LogP contribution in [0.2, 0.25) is 0 Å². The van der Waals surface area contributed by atoms with Crippen LogP contribution in [0.15, 0.2) is 36.5 Å². The van der Waals surface area contributed by atoms with E-state index in [0.29, 0.717) is 56.9 Å². The Balaban J connectivity index is 1.24. The molecule has 13 nitrogen and oxygen atoms in total. The van der Waals surface area contributed by atoms with Gasteiger partial charge in [0.25, 0.3) is 5.92 Å². The largest absolute Gasteiger partial charge is 0.489 e. The van der Waals surface area contributed by atoms with E-state index in [2.05, 4.69) is 14.6 Å². The van der Waals surface area contributed by atoms with Gasteiger partial charge in [-0.1, -0.05) is 32.4 Å². The maximum absolute atomic E-state index is 15.1. The first kappa shape index (κ1) is 45.6. The summed E-state index contributed by atoms with van der Waals surface area (Å²) in [7, 11) is -2.43. The number of allylic oxidation sites excluding steroid dienone is 2. The average molecular weight is 889 g/mol. The first-order valence-corrected chi connectivity index (χ1v) is 23.3. The van der Waals surface area contributed by atoms with Crippen molar-refractivity contribution in [3.63, 3.8) is 0 Å². The van der Waals surface area contributed by atoms with Crippen molar-refractivity contribution in [2.45, 2.75) is 127 Å². The summed E-state index contributed by atoms with van der Waals surface area (Å²) in [6, 6.07) is 4.43. The smallest absolute Gasteiger partial charge is 0.307 e. The van der Waals surface area contributed by atoms with E-state index in [4.69, 9.17) is 14.2 Å². The number of halogens is 3. The summed E-state index contributed by atoms with van der Waals surface area (Å²) < 4.78 is 88.1. The molecule has 7 rings (SSSR count). The molecule has 2 aliphatic carbocycles. The highest BCUT2D eigenvalue weighted by molar-refractivity contribution is 7.91. The van der Waals surface area contributed by atoms with Crippen LogP contribution in [0.25, 0.3) is 10.8 Å². The number of ketones is 1. The van der Waals surface area contributed by atoms with Crippen LogP contribution in [0, 0.1) is 29.1 Å². The zero-order chi connectivity index (χ0) is 45.0. The second-order valence-electron chi connectivity index (χ2n) is 18.9. The van der Waals surface area contributed by atoms with Crippen molar-refractivity contribution in [1.82, 2.24) is 14.6 Å². The van der Waals surface area contributed by atoms with E-state index in [0.717, 1.165) is 24.9 Å². The van der Waals surface area contributed by atoms with Crippen LogP contribution >= 0.6 is 0 Å². The highest BCUT2D eigenvalue weighted by atomic mass is 32.2. The van der Waals surface area contributed by atoms with Gasteiger partial charge in [0.2, 0.25) is 27.7 Å². The number of carbonyl (C=O) groups excluding carboxylic acids is 4. The van der Waals surface area contributed by atoms with Crippen LogP contribution in [-0.2, 0) is 33.9 Å². The van der Waals surface area contributed by atoms with Crippen LogP contribution in [-0.4, -0.2) is 104 Å². The Hall–Kier alpha value is -4.41. The third-order valence-electron chi connectivity index (χ3n) is 14.2. The Morgan fingerprint density at radius 3 is 2.52 bits per heavy atom. The van der Waals surface area contributed by atoms with E-state index in [1.807, 2.05) is 51.2 Å². The molecule has 2 saturated carbocycles. The minimum atomic E-state index is -4.40. The minimum Gasteiger partial charge on any atom is -0.489 e. The Kier molecular flexibility index (Phi) is 12.5. The van der Waals surface area contributed by atoms with Gasteiger partial charge in [-0.25, -0.2) is 26.6 Å². The molecule has 0 radical (unpaired) electrons. The number of hydrogen-bond acceptors (Lipinski definition) is 11. The first-order chi connectivity index (χ1) is 29.2. The van der Waals surface area contributed by atoms with Crippen molar-refractivity contribution in [2.75, 3.05) is 38.3 Å². The molecule has 1 aromatic carbocycles. The van der Waals surface area contributed by atoms with Crippen molar-refractivity contribution in [1.29, 1.82) is 0 Å². The minimum absolute atomic E-state index is 0.0201. The number of pyridine rings is 1. The summed E-state index contributed by atoms with van der Waals surface area (Å²) in [5.74, 6) is -7.31. The molecule has 5 aliphatic rings. The number of benzene rings is 1. The number of fused-ring (bicyclic) bond motifs is 5. The van der Waals surface area contributed by atoms with Gasteiger partial charge in [-0.2, -0.15) is 0 Å². The predicted octanol–water partition coefficient (Wildman–Crippen LogP) is 6.71. The van der Waals surface area contributed by atoms with E-state index in [1.165, 1.54) is 4.90 Å². The number of anilines is 1. The van der Waals surface area contributed by atoms with Crippen molar-refractivity contribution in [3.8, 4) is 11.6 Å². The summed E-state index contributed by atoms with van der Waals surface area (Å²) in [6.45, 7) is 6.73. The molecule has 4 heterocycles. The number of alkyl halides is 3. The van der Waals surface area contributed by atoms with Gasteiger partial charge < -0.3 is 24.0 Å². The molecule has 17 heteroatoms. The lowest BCUT2D eigenvalue weighted by Crippen LogP contribution is -2.49. The van der Waals surface area contributed by atoms with Crippen LogP contribution in [0.1, 0.15) is 98.8 Å². The summed E-state index contributed by atoms with van der Waals surface area (Å²) in [5.41, 5.74) is -2.74. The molecular weight excluding hydrogens is 830 g/mol. The lowest BCUT2D eigenvalue weighted by molar-refractivity contribution is -0.197. The fourth-order valence-corrected chi connectivity index (χ4v) is 10.8. The Bertz CT molecular complexity index is 2230. The molecule has 0 unspecified atom stereocenters. The molecule has 0 bridgehead atoms. The van der Waals surface area contributed by atoms with Gasteiger partial charge in [0.05, 0.1) is 42.6 Å². The number of nitrogens with one attached hydrogen (secondary N) is 1. The molecule has 2 amide bonds. The van der Waals surface area contributed by atoms with E-state index in [9.17, 15) is 36.0 Å². The van der Waals surface area contributed by atoms with Crippen LogP contribution in [0.5, 0.6) is 11.6 Å². The lowest BCUT2D eigenvalue weighted by Gasteiger charge is -2.35. The zero-order valence-electron chi connectivity index (χ0n) is 36.4. The monoisotopic (exact) mass is 888 g/mol. The number of sulfonamides is 1. The van der Waals surface area contributed by atoms with Crippen molar-refractivity contribution in [3.05, 3.63) is 36.5 Å². The van der Waals surface area contributed by atoms with E-state index in [-0.39, 0.29) is 44.0 Å². The van der Waals surface area contributed by atoms with E-state index >= 15 is 4.79 Å². The second-order valence-corrected chi connectivity index (χ2v) is 21.0. The maximum atomic E-state index is 15.1. The lowest BCUT2D eigenvalue weighted by atomic mass is 9.79. The van der Waals surface area contributed by atoms with Crippen molar-refractivity contribution in [2.24, 2.45) is 29.1 Å². The van der Waals surface area contributed by atoms with Gasteiger partial charge >= 0.3 is 5.97 Å². The topological polar surface area (TPSA) is 162 Å². The normalized spacial score (nSPS) is 29.6. The molecular formula is C45H59F3N4O9S. The Labute approximate surface area is 361 Å². The molecule has 2 aromatic rings. The maximum Gasteiger partial charge on any atom is 0.307 e. The number of hydrogen-bond donors (Lipinski definition) is 1. The number of ether oxygens (including phenoxy) is 3. The quantitative estimate of drug-likeness (QED) is 0.189. The fourth-order valence-electron chi connectivity index (χ4n) is 9.39. The summed E-state index contributed by atoms with van der Waals surface area (Å²) in [6.07, 6.45) is 6.14. The first-order valence-electron chi connectivity index (χ1n) is 21.8. The number of nitrogens with zero attached hydrogens (tertiary/aromatic N) is 3. The molecule has 1 N–H and O–H groups in total. The number of carbonyl (C=O) groups is 4. The van der Waals surface area contributed by atoms with Gasteiger partial charge in [0.1, 0.15) is 24.1 Å². The van der Waals surface area contributed by atoms with Crippen molar-refractivity contribution >= 4 is 50.1 Å². The number of aromatic nitrogens is 1. The highest BCUT2D eigenvalue weighted by Gasteiger charge is 2.63. The van der Waals surface area contributed by atoms with Crippen LogP contribution in [0.3, 0.4) is 0 Å². The number of rotatable bonds is 11. The molecule has 1 saturated heterocycles. The number of amides is 2. The number of Topliss-reactive ketones (excluding diaryl/α,β-unsaturated/α-hetero) is 1. The van der Waals surface area contributed by atoms with Crippen LogP contribution < -0.4 is 19.1 Å². The summed E-state index contributed by atoms with van der Waals surface area (Å²) in [5, 5.41) is 1.40. The highest BCUT2D eigenvalue weighted by Crippen LogP contribution is 2.58. The second kappa shape index (κ2) is 16.9. The molecule has 3 fully saturated rings. The zero-order valence-corrected chi connectivity index (χ0v) is 37.2. The number of likely N-dealkylation sites (N-methyl/N-ethyl adjacent to an activating group) is 1. The average Bonchev–Trinajstić information content (AvgIpc) is 4.11. The van der Waals surface area contributed by atoms with Gasteiger partial charge in [-0.05, 0) is 88.3 Å². The predicted molar refractivity (Wildman–Crippen MR) is 225 cm³/mol. The fraction of sp³-hybridized carbons (Fsp3) is 0.667. The molecule has 0 spiro atoms. The van der Waals surface area contributed by atoms with Gasteiger partial charge in [0.15, 0.2) is 17.1 Å². The SMILES string of the molecule is CC[C@@H]1C[C@H](C)CC/C=C\[C@@H]2C[C@@]2(C(=O)NS(=O)(=O)C2(CF)CC2)CC(=O)[C@@H]2C[C@@H](Oc3nccc4c5c(ccc34)N(C)CCO5)CN2C(=O)[C@H]1CC(=O)OC(C)(C)C(C)(F)F. The Morgan fingerprint density at radius 1 is 1.10 bits per heavy atom. The van der Waals surface area contributed by atoms with Gasteiger partial charge in [-0.3, -0.25) is 23.9 Å². The third kappa shape index (κ3) is 8.75. The number of esters is 1. The van der Waals surface area contributed by atoms with Crippen LogP contribution in [0.4, 0.5) is 18.9 Å². The van der Waals surface area contributed by atoms with E-state index in [1.54, 1.807) is 6.20 Å². The van der Waals surface area contributed by atoms with Gasteiger partial charge in [-0.15, -0.1) is 0 Å². The Morgan fingerprint density at radius 2 is 1.84 bits per heavy atom. The third-order valence-corrected chi connectivity index (χ3v) is 16.3. The molecule has 62 heavy (non-hydrogen) atoms.